The summed E-state index contributed by atoms with van der Waals surface area (Å²) in [6.07, 6.45) is 16.7. The minimum atomic E-state index is -0.603. The van der Waals surface area contributed by atoms with Gasteiger partial charge < -0.3 is 39.6 Å². The number of methoxy groups -OCH3 is 2. The fraction of sp³-hybridized carbons (Fsp3) is 0.542. The molecule has 5 heterocycles. The maximum absolute atomic E-state index is 14.1. The number of rotatable bonds is 10. The van der Waals surface area contributed by atoms with Crippen LogP contribution in [-0.4, -0.2) is 94.9 Å². The maximum Gasteiger partial charge on any atom is 0.407 e. The lowest BCUT2D eigenvalue weighted by molar-refractivity contribution is -0.136. The Kier molecular flexibility index (Phi) is 10.8. The Labute approximate surface area is 362 Å². The zero-order valence-corrected chi connectivity index (χ0v) is 35.8. The summed E-state index contributed by atoms with van der Waals surface area (Å²) in [6, 6.07) is 11.4. The molecule has 4 aliphatic heterocycles. The molecule has 7 aliphatic rings. The Balaban J connectivity index is 0.826. The number of amides is 4. The molecule has 5 fully saturated rings. The Morgan fingerprint density at radius 1 is 0.742 bits per heavy atom. The number of carbonyl (C=O) groups is 4. The Morgan fingerprint density at radius 2 is 1.35 bits per heavy atom. The minimum Gasteiger partial charge on any atom is -0.457 e. The molecule has 14 heteroatoms. The monoisotopic (exact) mass is 843 g/mol. The van der Waals surface area contributed by atoms with Gasteiger partial charge in [0, 0.05) is 53.5 Å². The van der Waals surface area contributed by atoms with Crippen LogP contribution in [0, 0.1) is 11.8 Å². The zero-order chi connectivity index (χ0) is 42.5. The van der Waals surface area contributed by atoms with E-state index in [1.807, 2.05) is 22.2 Å². The molecule has 0 bridgehead atoms. The van der Waals surface area contributed by atoms with Gasteiger partial charge in [0.1, 0.15) is 29.4 Å². The molecule has 0 unspecified atom stereocenters. The normalized spacial score (nSPS) is 23.6. The molecule has 1 aromatic heterocycles. The van der Waals surface area contributed by atoms with Gasteiger partial charge in [0.25, 0.3) is 0 Å². The van der Waals surface area contributed by atoms with Crippen LogP contribution in [0.4, 0.5) is 9.59 Å². The van der Waals surface area contributed by atoms with Gasteiger partial charge in [-0.15, -0.1) is 0 Å². The maximum atomic E-state index is 14.1. The molecular formula is C48H57N7O7. The number of nitrogens with zero attached hydrogens (tertiary/aromatic N) is 4. The largest absolute Gasteiger partial charge is 0.457 e. The molecule has 3 aromatic rings. The second kappa shape index (κ2) is 16.6. The number of hydrogen-bond donors (Lipinski definition) is 3. The lowest BCUT2D eigenvalue weighted by atomic mass is 9.83. The van der Waals surface area contributed by atoms with Crippen LogP contribution in [0.5, 0.6) is 11.5 Å². The topological polar surface area (TPSA) is 168 Å². The van der Waals surface area contributed by atoms with Gasteiger partial charge in [-0.25, -0.2) is 14.6 Å². The van der Waals surface area contributed by atoms with Crippen molar-refractivity contribution in [3.05, 3.63) is 71.3 Å². The number of aromatic amines is 1. The summed E-state index contributed by atoms with van der Waals surface area (Å²) in [5.74, 6) is 2.61. The summed E-state index contributed by atoms with van der Waals surface area (Å²) < 4.78 is 16.5. The summed E-state index contributed by atoms with van der Waals surface area (Å²) in [7, 11) is 2.67. The number of aliphatic imine (C=N–C) groups is 1. The SMILES string of the molecule is COC(=O)N[C@H](C(=O)N1CCC[C@H]1C1=NC=C(c2ccc3c(c2)Oc2ccc(-c4cnc([C@@H]5CCCN5C(=O)[C@@H](NC(=O)OC)C5CCCC5)[nH]4)cc2C32CC2)C1)C1CCCC1. The molecule has 14 nitrogen and oxygen atoms in total. The van der Waals surface area contributed by atoms with Crippen molar-refractivity contribution in [2.75, 3.05) is 27.3 Å². The van der Waals surface area contributed by atoms with Gasteiger partial charge in [-0.3, -0.25) is 14.6 Å². The van der Waals surface area contributed by atoms with Gasteiger partial charge >= 0.3 is 12.2 Å². The number of aromatic nitrogens is 2. The number of allylic oxidation sites excluding steroid dienone is 1. The van der Waals surface area contributed by atoms with Gasteiger partial charge in [0.2, 0.25) is 11.8 Å². The molecular weight excluding hydrogens is 787 g/mol. The summed E-state index contributed by atoms with van der Waals surface area (Å²) >= 11 is 0. The predicted octanol–water partition coefficient (Wildman–Crippen LogP) is 7.93. The first-order valence-electron chi connectivity index (χ1n) is 22.8. The second-order valence-electron chi connectivity index (χ2n) is 18.4. The number of likely N-dealkylation sites (tertiary alicyclic amines) is 2. The fourth-order valence-corrected chi connectivity index (χ4v) is 11.5. The Bertz CT molecular complexity index is 2320. The lowest BCUT2D eigenvalue weighted by Gasteiger charge is -2.32. The number of nitrogens with one attached hydrogen (secondary N) is 3. The highest BCUT2D eigenvalue weighted by atomic mass is 16.5. The Hall–Kier alpha value is -5.66. The molecule has 3 N–H and O–H groups in total. The van der Waals surface area contributed by atoms with Crippen LogP contribution >= 0.6 is 0 Å². The van der Waals surface area contributed by atoms with Crippen molar-refractivity contribution >= 4 is 35.3 Å². The van der Waals surface area contributed by atoms with Crippen molar-refractivity contribution in [2.24, 2.45) is 16.8 Å². The van der Waals surface area contributed by atoms with E-state index in [0.717, 1.165) is 135 Å². The van der Waals surface area contributed by atoms with E-state index in [2.05, 4.69) is 52.0 Å². The van der Waals surface area contributed by atoms with E-state index in [1.165, 1.54) is 25.3 Å². The van der Waals surface area contributed by atoms with Crippen molar-refractivity contribution < 1.29 is 33.4 Å². The number of H-pyrrole nitrogens is 1. The fourth-order valence-electron chi connectivity index (χ4n) is 11.5. The highest BCUT2D eigenvalue weighted by Crippen LogP contribution is 2.62. The molecule has 3 saturated carbocycles. The molecule has 10 rings (SSSR count). The van der Waals surface area contributed by atoms with Gasteiger partial charge in [-0.05, 0) is 111 Å². The van der Waals surface area contributed by atoms with Crippen LogP contribution in [0.3, 0.4) is 0 Å². The third-order valence-electron chi connectivity index (χ3n) is 15.0. The molecule has 1 spiro atoms. The molecule has 4 atom stereocenters. The minimum absolute atomic E-state index is 0.0288. The van der Waals surface area contributed by atoms with Crippen LogP contribution in [-0.2, 0) is 24.5 Å². The van der Waals surface area contributed by atoms with Crippen LogP contribution in [0.25, 0.3) is 16.8 Å². The van der Waals surface area contributed by atoms with Crippen molar-refractivity contribution in [3.63, 3.8) is 0 Å². The van der Waals surface area contributed by atoms with Crippen molar-refractivity contribution in [2.45, 2.75) is 126 Å². The van der Waals surface area contributed by atoms with E-state index < -0.39 is 24.3 Å². The van der Waals surface area contributed by atoms with E-state index in [-0.39, 0.29) is 41.1 Å². The third kappa shape index (κ3) is 7.32. The molecule has 326 valence electrons. The van der Waals surface area contributed by atoms with Crippen LogP contribution < -0.4 is 15.4 Å². The molecule has 62 heavy (non-hydrogen) atoms. The van der Waals surface area contributed by atoms with E-state index in [0.29, 0.717) is 19.5 Å². The number of ether oxygens (including phenoxy) is 3. The van der Waals surface area contributed by atoms with Gasteiger partial charge in [0.05, 0.1) is 38.2 Å². The first kappa shape index (κ1) is 40.4. The van der Waals surface area contributed by atoms with Crippen LogP contribution in [0.2, 0.25) is 0 Å². The van der Waals surface area contributed by atoms with E-state index in [4.69, 9.17) is 24.2 Å². The number of hydrogen-bond acceptors (Lipinski definition) is 9. The van der Waals surface area contributed by atoms with Crippen molar-refractivity contribution in [3.8, 4) is 22.8 Å². The van der Waals surface area contributed by atoms with E-state index in [1.54, 1.807) is 0 Å². The molecule has 3 aliphatic carbocycles. The number of fused-ring (bicyclic) bond motifs is 4. The standard InChI is InChI=1S/C48H57N7O7/c1-60-46(58)52-41(28-9-3-4-10-28)44(56)54-21-7-13-37(54)35-24-32(26-49-35)30-15-17-33-40(25-30)62-39-18-16-31(23-34(39)48(33)19-20-48)36-27-50-43(51-36)38-14-8-22-55(38)45(57)42(53-47(59)61-2)29-11-5-6-12-29/h15-18,23,25-29,37-38,41-42H,3-14,19-22,24H2,1-2H3,(H,50,51)(H,52,58)(H,53,59)/t37-,38-,41-,42-/m0/s1. The number of carbonyl (C=O) groups excluding carboxylic acids is 4. The summed E-state index contributed by atoms with van der Waals surface area (Å²) in [5.41, 5.74) is 7.29. The number of alkyl carbamates (subject to hydrolysis) is 2. The molecule has 2 aromatic carbocycles. The van der Waals surface area contributed by atoms with E-state index in [9.17, 15) is 19.2 Å². The van der Waals surface area contributed by atoms with Crippen LogP contribution in [0.1, 0.15) is 125 Å². The molecule has 0 radical (unpaired) electrons. The van der Waals surface area contributed by atoms with E-state index >= 15 is 0 Å². The predicted molar refractivity (Wildman–Crippen MR) is 232 cm³/mol. The summed E-state index contributed by atoms with van der Waals surface area (Å²) in [4.78, 5) is 69.8. The summed E-state index contributed by atoms with van der Waals surface area (Å²) in [6.45, 7) is 1.27. The van der Waals surface area contributed by atoms with Gasteiger partial charge in [0.15, 0.2) is 0 Å². The summed E-state index contributed by atoms with van der Waals surface area (Å²) in [5, 5.41) is 5.74. The highest BCUT2D eigenvalue weighted by Gasteiger charge is 2.52. The lowest BCUT2D eigenvalue weighted by Crippen LogP contribution is -2.54. The molecule has 2 saturated heterocycles. The van der Waals surface area contributed by atoms with Gasteiger partial charge in [-0.1, -0.05) is 37.8 Å². The highest BCUT2D eigenvalue weighted by molar-refractivity contribution is 6.04. The van der Waals surface area contributed by atoms with Gasteiger partial charge in [-0.2, -0.15) is 0 Å². The molecule has 4 amide bonds. The first-order chi connectivity index (χ1) is 30.2. The number of imidazole rings is 1. The second-order valence-corrected chi connectivity index (χ2v) is 18.4. The average Bonchev–Trinajstić information content (AvgIpc) is 4.09. The number of benzene rings is 2. The zero-order valence-electron chi connectivity index (χ0n) is 35.8. The van der Waals surface area contributed by atoms with Crippen LogP contribution in [0.15, 0.2) is 53.8 Å². The third-order valence-corrected chi connectivity index (χ3v) is 15.0. The van der Waals surface area contributed by atoms with Crippen molar-refractivity contribution in [1.82, 2.24) is 30.4 Å². The quantitative estimate of drug-likeness (QED) is 0.185. The average molecular weight is 844 g/mol. The Morgan fingerprint density at radius 3 is 1.98 bits per heavy atom. The van der Waals surface area contributed by atoms with Crippen molar-refractivity contribution in [1.29, 1.82) is 0 Å². The smallest absolute Gasteiger partial charge is 0.407 e. The first-order valence-corrected chi connectivity index (χ1v) is 22.8.